The van der Waals surface area contributed by atoms with Gasteiger partial charge in [-0.1, -0.05) is 6.07 Å². The van der Waals surface area contributed by atoms with Crippen LogP contribution in [0.25, 0.3) is 0 Å². The van der Waals surface area contributed by atoms with E-state index in [2.05, 4.69) is 5.10 Å². The van der Waals surface area contributed by atoms with Crippen molar-refractivity contribution in [1.82, 2.24) is 14.1 Å². The molecule has 0 unspecified atom stereocenters. The van der Waals surface area contributed by atoms with Crippen molar-refractivity contribution >= 4 is 21.4 Å². The second-order valence-corrected chi connectivity index (χ2v) is 7.87. The molecule has 0 radical (unpaired) electrons. The van der Waals surface area contributed by atoms with Crippen LogP contribution in [-0.4, -0.2) is 36.1 Å². The van der Waals surface area contributed by atoms with E-state index in [1.807, 2.05) is 17.5 Å². The maximum atomic E-state index is 12.8. The first-order valence-electron chi connectivity index (χ1n) is 6.60. The second kappa shape index (κ2) is 6.27. The lowest BCUT2D eigenvalue weighted by molar-refractivity contribution is 0.468. The quantitative estimate of drug-likeness (QED) is 0.867. The van der Waals surface area contributed by atoms with Crippen molar-refractivity contribution in [3.8, 4) is 0 Å². The van der Waals surface area contributed by atoms with Crippen LogP contribution in [0.15, 0.2) is 22.4 Å². The molecule has 6 nitrogen and oxygen atoms in total. The summed E-state index contributed by atoms with van der Waals surface area (Å²) in [6.45, 7) is 4.78. The minimum absolute atomic E-state index is 0.287. The van der Waals surface area contributed by atoms with E-state index in [9.17, 15) is 8.42 Å². The fourth-order valence-electron chi connectivity index (χ4n) is 2.26. The van der Waals surface area contributed by atoms with E-state index < -0.39 is 10.0 Å². The predicted molar refractivity (Wildman–Crippen MR) is 83.7 cm³/mol. The number of thiophene rings is 1. The first-order chi connectivity index (χ1) is 9.87. The van der Waals surface area contributed by atoms with Gasteiger partial charge in [0.1, 0.15) is 4.90 Å². The smallest absolute Gasteiger partial charge is 0.246 e. The molecule has 0 atom stereocenters. The van der Waals surface area contributed by atoms with Crippen LogP contribution < -0.4 is 5.73 Å². The molecule has 0 saturated carbocycles. The van der Waals surface area contributed by atoms with Crippen LogP contribution in [0, 0.1) is 13.8 Å². The van der Waals surface area contributed by atoms with E-state index in [4.69, 9.17) is 5.73 Å². The molecule has 0 aromatic carbocycles. The topological polar surface area (TPSA) is 81.2 Å². The van der Waals surface area contributed by atoms with E-state index in [0.29, 0.717) is 31.0 Å². The molecular formula is C13H20N4O2S2. The molecule has 0 aliphatic heterocycles. The molecule has 0 spiro atoms. The Hall–Kier alpha value is -1.22. The first kappa shape index (κ1) is 16.2. The van der Waals surface area contributed by atoms with Crippen LogP contribution in [0.2, 0.25) is 0 Å². The highest BCUT2D eigenvalue weighted by atomic mass is 32.2. The zero-order valence-electron chi connectivity index (χ0n) is 12.4. The van der Waals surface area contributed by atoms with Gasteiger partial charge in [-0.2, -0.15) is 9.40 Å². The molecule has 8 heteroatoms. The number of nitrogens with zero attached hydrogens (tertiary/aromatic N) is 3. The fraction of sp³-hybridized carbons (Fsp3) is 0.462. The van der Waals surface area contributed by atoms with E-state index >= 15 is 0 Å². The Kier molecular flexibility index (Phi) is 4.82. The summed E-state index contributed by atoms with van der Waals surface area (Å²) in [5, 5.41) is 6.22. The van der Waals surface area contributed by atoms with Crippen molar-refractivity contribution < 1.29 is 8.42 Å². The van der Waals surface area contributed by atoms with Crippen molar-refractivity contribution in [2.24, 2.45) is 5.73 Å². The Labute approximate surface area is 129 Å². The Morgan fingerprint density at radius 3 is 2.71 bits per heavy atom. The Morgan fingerprint density at radius 2 is 2.14 bits per heavy atom. The minimum atomic E-state index is -3.56. The maximum absolute atomic E-state index is 12.8. The standard InChI is InChI=1S/C13H20N4O2S2/c1-10-13(11(2)17(15-10)7-6-14)21(18,19)16(3)9-12-5-4-8-20-12/h4-5,8H,6-7,9,14H2,1-3H3. The summed E-state index contributed by atoms with van der Waals surface area (Å²) < 4.78 is 28.5. The van der Waals surface area contributed by atoms with Gasteiger partial charge in [0, 0.05) is 25.0 Å². The first-order valence-corrected chi connectivity index (χ1v) is 8.92. The van der Waals surface area contributed by atoms with Gasteiger partial charge in [0.05, 0.1) is 17.9 Å². The zero-order chi connectivity index (χ0) is 15.6. The summed E-state index contributed by atoms with van der Waals surface area (Å²) in [5.74, 6) is 0. The zero-order valence-corrected chi connectivity index (χ0v) is 14.0. The highest BCUT2D eigenvalue weighted by Crippen LogP contribution is 2.24. The van der Waals surface area contributed by atoms with Gasteiger partial charge in [0.2, 0.25) is 10.0 Å². The highest BCUT2D eigenvalue weighted by Gasteiger charge is 2.28. The van der Waals surface area contributed by atoms with Gasteiger partial charge < -0.3 is 5.73 Å². The number of hydrogen-bond acceptors (Lipinski definition) is 5. The molecule has 0 saturated heterocycles. The van der Waals surface area contributed by atoms with Gasteiger partial charge in [0.15, 0.2) is 0 Å². The number of hydrogen-bond donors (Lipinski definition) is 1. The molecule has 2 rings (SSSR count). The number of nitrogens with two attached hydrogens (primary N) is 1. The minimum Gasteiger partial charge on any atom is -0.329 e. The fourth-order valence-corrected chi connectivity index (χ4v) is 4.61. The summed E-state index contributed by atoms with van der Waals surface area (Å²) in [7, 11) is -1.97. The molecule has 0 amide bonds. The Bertz CT molecular complexity index is 705. The third-order valence-corrected chi connectivity index (χ3v) is 6.20. The van der Waals surface area contributed by atoms with Gasteiger partial charge in [-0.25, -0.2) is 8.42 Å². The number of sulfonamides is 1. The van der Waals surface area contributed by atoms with Crippen molar-refractivity contribution in [2.75, 3.05) is 13.6 Å². The molecule has 21 heavy (non-hydrogen) atoms. The lowest BCUT2D eigenvalue weighted by Gasteiger charge is -2.16. The molecule has 116 valence electrons. The van der Waals surface area contributed by atoms with Crippen LogP contribution in [0.1, 0.15) is 16.3 Å². The van der Waals surface area contributed by atoms with Crippen LogP contribution in [-0.2, 0) is 23.1 Å². The molecule has 2 aromatic heterocycles. The van der Waals surface area contributed by atoms with E-state index in [1.54, 1.807) is 36.9 Å². The summed E-state index contributed by atoms with van der Waals surface area (Å²) in [5.41, 5.74) is 6.68. The van der Waals surface area contributed by atoms with Gasteiger partial charge in [-0.05, 0) is 25.3 Å². The van der Waals surface area contributed by atoms with Crippen molar-refractivity contribution in [2.45, 2.75) is 31.8 Å². The molecule has 0 aliphatic carbocycles. The third-order valence-electron chi connectivity index (χ3n) is 3.28. The molecular weight excluding hydrogens is 308 g/mol. The van der Waals surface area contributed by atoms with Gasteiger partial charge in [-0.15, -0.1) is 11.3 Å². The normalized spacial score (nSPS) is 12.2. The van der Waals surface area contributed by atoms with Crippen molar-refractivity contribution in [3.63, 3.8) is 0 Å². The molecule has 2 heterocycles. The highest BCUT2D eigenvalue weighted by molar-refractivity contribution is 7.89. The SMILES string of the molecule is Cc1nn(CCN)c(C)c1S(=O)(=O)N(C)Cc1cccs1. The summed E-state index contributed by atoms with van der Waals surface area (Å²) in [6, 6.07) is 3.84. The molecule has 0 aliphatic rings. The Morgan fingerprint density at radius 1 is 1.43 bits per heavy atom. The van der Waals surface area contributed by atoms with Crippen LogP contribution in [0.5, 0.6) is 0 Å². The molecule has 0 bridgehead atoms. The van der Waals surface area contributed by atoms with E-state index in [0.717, 1.165) is 4.88 Å². The molecule has 2 N–H and O–H groups in total. The van der Waals surface area contributed by atoms with Crippen LogP contribution >= 0.6 is 11.3 Å². The maximum Gasteiger partial charge on any atom is 0.246 e. The van der Waals surface area contributed by atoms with Gasteiger partial charge in [0.25, 0.3) is 0 Å². The van der Waals surface area contributed by atoms with Crippen molar-refractivity contribution in [1.29, 1.82) is 0 Å². The van der Waals surface area contributed by atoms with E-state index in [-0.39, 0.29) is 4.90 Å². The number of rotatable bonds is 6. The second-order valence-electron chi connectivity index (χ2n) is 4.85. The van der Waals surface area contributed by atoms with Crippen molar-refractivity contribution in [3.05, 3.63) is 33.8 Å². The van der Waals surface area contributed by atoms with E-state index in [1.165, 1.54) is 4.31 Å². The third kappa shape index (κ3) is 3.18. The van der Waals surface area contributed by atoms with Gasteiger partial charge >= 0.3 is 0 Å². The average Bonchev–Trinajstić information content (AvgIpc) is 2.99. The largest absolute Gasteiger partial charge is 0.329 e. The molecule has 0 fully saturated rings. The van der Waals surface area contributed by atoms with Crippen LogP contribution in [0.3, 0.4) is 0 Å². The average molecular weight is 328 g/mol. The summed E-state index contributed by atoms with van der Waals surface area (Å²) >= 11 is 1.54. The van der Waals surface area contributed by atoms with Crippen LogP contribution in [0.4, 0.5) is 0 Å². The monoisotopic (exact) mass is 328 g/mol. The number of aromatic nitrogens is 2. The number of aryl methyl sites for hydroxylation is 1. The lowest BCUT2D eigenvalue weighted by Crippen LogP contribution is -2.27. The van der Waals surface area contributed by atoms with Gasteiger partial charge in [-0.3, -0.25) is 4.68 Å². The lowest BCUT2D eigenvalue weighted by atomic mass is 10.4. The summed E-state index contributed by atoms with van der Waals surface area (Å²) in [6.07, 6.45) is 0. The Balaban J connectivity index is 2.35. The predicted octanol–water partition coefficient (Wildman–Crippen LogP) is 1.34. The summed E-state index contributed by atoms with van der Waals surface area (Å²) in [4.78, 5) is 1.29. The molecule has 2 aromatic rings.